The Balaban J connectivity index is 1.38. The van der Waals surface area contributed by atoms with Crippen molar-refractivity contribution < 1.29 is 33.3 Å². The minimum Gasteiger partial charge on any atom is -0.491 e. The number of benzene rings is 1. The summed E-state index contributed by atoms with van der Waals surface area (Å²) < 4.78 is 22.4. The number of ether oxygens (including phenoxy) is 4. The molecule has 0 aliphatic carbocycles. The van der Waals surface area contributed by atoms with Crippen molar-refractivity contribution >= 4 is 17.8 Å². The Bertz CT molecular complexity index is 798. The van der Waals surface area contributed by atoms with Gasteiger partial charge in [0.05, 0.1) is 33.0 Å². The van der Waals surface area contributed by atoms with Crippen molar-refractivity contribution in [2.75, 3.05) is 46.2 Å². The van der Waals surface area contributed by atoms with Crippen LogP contribution in [0.1, 0.15) is 76.7 Å². The molecule has 0 unspecified atom stereocenters. The molecule has 0 spiro atoms. The Morgan fingerprint density at radius 3 is 1.79 bits per heavy atom. The van der Waals surface area contributed by atoms with Gasteiger partial charge in [0.15, 0.2) is 0 Å². The van der Waals surface area contributed by atoms with E-state index in [0.29, 0.717) is 45.4 Å². The summed E-state index contributed by atoms with van der Waals surface area (Å²) in [6.45, 7) is 6.00. The molecule has 0 atom stereocenters. The molecular formula is C29H46N2O7. The Morgan fingerprint density at radius 1 is 0.658 bits per heavy atom. The molecule has 1 heterocycles. The fourth-order valence-corrected chi connectivity index (χ4v) is 4.18. The summed E-state index contributed by atoms with van der Waals surface area (Å²) in [7, 11) is 0. The molecule has 1 aliphatic heterocycles. The van der Waals surface area contributed by atoms with Crippen molar-refractivity contribution in [2.45, 2.75) is 77.6 Å². The first-order valence-corrected chi connectivity index (χ1v) is 14.2. The first-order chi connectivity index (χ1) is 18.6. The van der Waals surface area contributed by atoms with E-state index in [4.69, 9.17) is 18.9 Å². The second-order valence-corrected chi connectivity index (χ2v) is 9.58. The van der Waals surface area contributed by atoms with Crippen LogP contribution >= 0.6 is 0 Å². The van der Waals surface area contributed by atoms with Gasteiger partial charge in [-0.3, -0.25) is 20.2 Å². The number of carbonyl (C=O) groups excluding carboxylic acids is 3. The highest BCUT2D eigenvalue weighted by molar-refractivity contribution is 6.16. The standard InChI is InChI=1S/C29H46N2O7/c1-2-3-4-5-6-7-8-9-10-11-15-35-16-17-36-18-19-37-20-21-38-25-14-12-13-24(22-25)23-26-27(32)30-29(34)31-28(26)33/h12-14,22,26H,2-11,15-21,23H2,1H3,(H2,30,31,32,33,34). The van der Waals surface area contributed by atoms with E-state index >= 15 is 0 Å². The first-order valence-electron chi connectivity index (χ1n) is 14.2. The molecule has 1 aromatic carbocycles. The maximum absolute atomic E-state index is 11.9. The molecule has 4 amide bonds. The third kappa shape index (κ3) is 14.4. The van der Waals surface area contributed by atoms with Gasteiger partial charge in [0.25, 0.3) is 0 Å². The van der Waals surface area contributed by atoms with Crippen molar-refractivity contribution in [1.29, 1.82) is 0 Å². The average molecular weight is 535 g/mol. The van der Waals surface area contributed by atoms with Gasteiger partial charge in [0.2, 0.25) is 11.8 Å². The van der Waals surface area contributed by atoms with E-state index in [2.05, 4.69) is 17.6 Å². The predicted molar refractivity (Wildman–Crippen MR) is 145 cm³/mol. The maximum Gasteiger partial charge on any atom is 0.328 e. The summed E-state index contributed by atoms with van der Waals surface area (Å²) in [6.07, 6.45) is 13.4. The van der Waals surface area contributed by atoms with E-state index in [0.717, 1.165) is 18.6 Å². The van der Waals surface area contributed by atoms with E-state index < -0.39 is 23.8 Å². The molecule has 0 bridgehead atoms. The fraction of sp³-hybridized carbons (Fsp3) is 0.690. The van der Waals surface area contributed by atoms with Gasteiger partial charge in [-0.25, -0.2) is 4.79 Å². The van der Waals surface area contributed by atoms with Crippen LogP contribution in [-0.4, -0.2) is 64.1 Å². The minimum absolute atomic E-state index is 0.180. The fourth-order valence-electron chi connectivity index (χ4n) is 4.18. The topological polar surface area (TPSA) is 112 Å². The van der Waals surface area contributed by atoms with Crippen molar-refractivity contribution in [3.05, 3.63) is 29.8 Å². The van der Waals surface area contributed by atoms with E-state index in [1.165, 1.54) is 57.8 Å². The van der Waals surface area contributed by atoms with Crippen LogP contribution in [0.15, 0.2) is 24.3 Å². The van der Waals surface area contributed by atoms with Crippen LogP contribution in [-0.2, 0) is 30.2 Å². The van der Waals surface area contributed by atoms with E-state index in [1.54, 1.807) is 24.3 Å². The monoisotopic (exact) mass is 534 g/mol. The van der Waals surface area contributed by atoms with Crippen LogP contribution in [0.25, 0.3) is 0 Å². The van der Waals surface area contributed by atoms with Gasteiger partial charge in [0, 0.05) is 6.61 Å². The summed E-state index contributed by atoms with van der Waals surface area (Å²) >= 11 is 0. The normalized spacial score (nSPS) is 14.0. The minimum atomic E-state index is -0.948. The highest BCUT2D eigenvalue weighted by Crippen LogP contribution is 2.18. The molecule has 214 valence electrons. The van der Waals surface area contributed by atoms with E-state index in [-0.39, 0.29) is 6.42 Å². The number of nitrogens with one attached hydrogen (secondary N) is 2. The van der Waals surface area contributed by atoms with Gasteiger partial charge < -0.3 is 18.9 Å². The number of hydrogen-bond donors (Lipinski definition) is 2. The predicted octanol–water partition coefficient (Wildman–Crippen LogP) is 4.56. The lowest BCUT2D eigenvalue weighted by Crippen LogP contribution is -2.56. The highest BCUT2D eigenvalue weighted by atomic mass is 16.6. The smallest absolute Gasteiger partial charge is 0.328 e. The number of hydrogen-bond acceptors (Lipinski definition) is 7. The molecule has 1 aliphatic rings. The van der Waals surface area contributed by atoms with Crippen molar-refractivity contribution in [3.8, 4) is 5.75 Å². The molecule has 1 fully saturated rings. The van der Waals surface area contributed by atoms with Crippen LogP contribution in [0, 0.1) is 5.92 Å². The van der Waals surface area contributed by atoms with Crippen LogP contribution in [0.5, 0.6) is 5.75 Å². The summed E-state index contributed by atoms with van der Waals surface area (Å²) in [6, 6.07) is 6.38. The number of imide groups is 2. The van der Waals surface area contributed by atoms with Gasteiger partial charge >= 0.3 is 6.03 Å². The van der Waals surface area contributed by atoms with Crippen molar-refractivity contribution in [3.63, 3.8) is 0 Å². The van der Waals surface area contributed by atoms with Gasteiger partial charge in [-0.1, -0.05) is 76.8 Å². The third-order valence-corrected chi connectivity index (χ3v) is 6.33. The van der Waals surface area contributed by atoms with Crippen LogP contribution in [0.2, 0.25) is 0 Å². The maximum atomic E-state index is 11.9. The lowest BCUT2D eigenvalue weighted by atomic mass is 9.96. The lowest BCUT2D eigenvalue weighted by Gasteiger charge is -2.20. The second kappa shape index (κ2) is 20.5. The zero-order valence-electron chi connectivity index (χ0n) is 23.0. The third-order valence-electron chi connectivity index (χ3n) is 6.33. The first kappa shape index (κ1) is 31.7. The number of unbranched alkanes of at least 4 members (excludes halogenated alkanes) is 9. The van der Waals surface area contributed by atoms with Gasteiger partial charge in [0.1, 0.15) is 18.3 Å². The summed E-state index contributed by atoms with van der Waals surface area (Å²) in [5.74, 6) is -1.52. The molecule has 9 nitrogen and oxygen atoms in total. The number of rotatable bonds is 23. The molecule has 0 aromatic heterocycles. The quantitative estimate of drug-likeness (QED) is 0.156. The zero-order chi connectivity index (χ0) is 27.3. The molecular weight excluding hydrogens is 488 g/mol. The molecule has 0 saturated carbocycles. The van der Waals surface area contributed by atoms with Gasteiger partial charge in [-0.2, -0.15) is 0 Å². The van der Waals surface area contributed by atoms with E-state index in [1.807, 2.05) is 0 Å². The Kier molecular flexibility index (Phi) is 17.1. The Labute approximate surface area is 227 Å². The summed E-state index contributed by atoms with van der Waals surface area (Å²) in [5, 5.41) is 4.22. The molecule has 38 heavy (non-hydrogen) atoms. The average Bonchev–Trinajstić information content (AvgIpc) is 2.90. The lowest BCUT2D eigenvalue weighted by molar-refractivity contribution is -0.135. The summed E-state index contributed by atoms with van der Waals surface area (Å²) in [5.41, 5.74) is 0.761. The second-order valence-electron chi connectivity index (χ2n) is 9.58. The number of urea groups is 1. The van der Waals surface area contributed by atoms with Crippen molar-refractivity contribution in [2.24, 2.45) is 5.92 Å². The van der Waals surface area contributed by atoms with Crippen molar-refractivity contribution in [1.82, 2.24) is 10.6 Å². The molecule has 9 heteroatoms. The van der Waals surface area contributed by atoms with Crippen LogP contribution < -0.4 is 15.4 Å². The SMILES string of the molecule is CCCCCCCCCCCCOCCOCCOCCOc1cccc(CC2C(=O)NC(=O)NC2=O)c1. The zero-order valence-corrected chi connectivity index (χ0v) is 23.0. The molecule has 1 saturated heterocycles. The molecule has 2 N–H and O–H groups in total. The van der Waals surface area contributed by atoms with Crippen LogP contribution in [0.3, 0.4) is 0 Å². The largest absolute Gasteiger partial charge is 0.491 e. The Hall–Kier alpha value is -2.49. The summed E-state index contributed by atoms with van der Waals surface area (Å²) in [4.78, 5) is 35.0. The Morgan fingerprint density at radius 2 is 1.18 bits per heavy atom. The number of barbiturate groups is 1. The molecule has 0 radical (unpaired) electrons. The molecule has 1 aromatic rings. The van der Waals surface area contributed by atoms with E-state index in [9.17, 15) is 14.4 Å². The number of carbonyl (C=O) groups is 3. The highest BCUT2D eigenvalue weighted by Gasteiger charge is 2.34. The molecule has 2 rings (SSSR count). The number of amides is 4. The van der Waals surface area contributed by atoms with Crippen LogP contribution in [0.4, 0.5) is 4.79 Å². The van der Waals surface area contributed by atoms with Gasteiger partial charge in [-0.15, -0.1) is 0 Å². The van der Waals surface area contributed by atoms with Gasteiger partial charge in [-0.05, 0) is 30.5 Å².